The number of rotatable bonds is 6. The number of hydrogen-bond acceptors (Lipinski definition) is 9. The van der Waals surface area contributed by atoms with Gasteiger partial charge in [-0.3, -0.25) is 4.79 Å². The van der Waals surface area contributed by atoms with Crippen LogP contribution in [0.15, 0.2) is 71.4 Å². The molecule has 13 nitrogen and oxygen atoms in total. The van der Waals surface area contributed by atoms with E-state index in [1.54, 1.807) is 32.9 Å². The van der Waals surface area contributed by atoms with E-state index in [0.29, 0.717) is 16.7 Å². The minimum Gasteiger partial charge on any atom is -0.506 e. The van der Waals surface area contributed by atoms with E-state index in [9.17, 15) is 34.1 Å². The number of primary amides is 1. The first-order valence-corrected chi connectivity index (χ1v) is 15.7. The summed E-state index contributed by atoms with van der Waals surface area (Å²) in [4.78, 5) is 37.9. The number of phenolic OH excluding ortho intramolecular Hbond substituents is 2. The molecule has 1 heterocycles. The van der Waals surface area contributed by atoms with Crippen LogP contribution in [0.5, 0.6) is 11.5 Å². The van der Waals surface area contributed by atoms with E-state index < -0.39 is 65.7 Å². The Bertz CT molecular complexity index is 1670. The number of benzene rings is 2. The number of anilines is 2. The van der Waals surface area contributed by atoms with Crippen LogP contribution in [-0.2, 0) is 25.5 Å². The number of allylic oxidation sites excluding steroid dienone is 2. The second kappa shape index (κ2) is 18.0. The molecule has 270 valence electrons. The highest BCUT2D eigenvalue weighted by molar-refractivity contribution is 6.06. The van der Waals surface area contributed by atoms with Gasteiger partial charge in [-0.05, 0) is 56.5 Å². The molecular weight excluding hydrogens is 651 g/mol. The lowest BCUT2D eigenvalue weighted by atomic mass is 9.91. The normalized spacial score (nSPS) is 22.0. The Morgan fingerprint density at radius 2 is 1.78 bits per heavy atom. The standard InChI is InChI=1S/C36H45FN4O9/c1-19-14-25-30(41-36(47)39-18-23-10-12-24(37)13-11-23)27(42)17-26(32(25)44)40-34(45)20(2)8-7-9-28(48-5)33(50-35(38)46)22(4)16-21(3)31(43)29(15-19)49-6/h7-14,16-17,21,28-29,31,33,42-44H,15,18H2,1-6H3,(H2,38,46)(H,40,45)(H2,39,41,47)/t21-,28-,29-,31+,33-/m0/s1. The first-order chi connectivity index (χ1) is 23.6. The number of hydrogen-bond donors (Lipinski definition) is 7. The highest BCUT2D eigenvalue weighted by Gasteiger charge is 2.29. The molecule has 0 radical (unpaired) electrons. The number of aliphatic hydroxyl groups is 1. The Hall–Kier alpha value is -5.18. The monoisotopic (exact) mass is 696 g/mol. The number of nitrogens with one attached hydrogen (secondary N) is 3. The average Bonchev–Trinajstić information content (AvgIpc) is 3.07. The van der Waals surface area contributed by atoms with Crippen molar-refractivity contribution in [2.24, 2.45) is 11.7 Å². The molecule has 50 heavy (non-hydrogen) atoms. The summed E-state index contributed by atoms with van der Waals surface area (Å²) in [6.07, 6.45) is 3.22. The van der Waals surface area contributed by atoms with Crippen molar-refractivity contribution in [1.82, 2.24) is 5.32 Å². The first-order valence-electron chi connectivity index (χ1n) is 15.7. The zero-order valence-corrected chi connectivity index (χ0v) is 28.8. The van der Waals surface area contributed by atoms with Crippen LogP contribution in [0.3, 0.4) is 0 Å². The second-order valence-corrected chi connectivity index (χ2v) is 12.0. The molecule has 2 aromatic rings. The molecule has 5 atom stereocenters. The van der Waals surface area contributed by atoms with Gasteiger partial charge in [0.25, 0.3) is 5.91 Å². The number of urea groups is 1. The molecule has 0 fully saturated rings. The van der Waals surface area contributed by atoms with Gasteiger partial charge in [0.05, 0.1) is 23.6 Å². The quantitative estimate of drug-likeness (QED) is 0.120. The minimum absolute atomic E-state index is 0.0308. The summed E-state index contributed by atoms with van der Waals surface area (Å²) in [7, 11) is 2.84. The van der Waals surface area contributed by atoms with Crippen molar-refractivity contribution >= 4 is 35.5 Å². The number of phenols is 2. The summed E-state index contributed by atoms with van der Waals surface area (Å²) < 4.78 is 29.9. The molecule has 0 spiro atoms. The highest BCUT2D eigenvalue weighted by Crippen LogP contribution is 2.42. The molecule has 2 bridgehead atoms. The first kappa shape index (κ1) is 39.3. The lowest BCUT2D eigenvalue weighted by molar-refractivity contribution is -0.112. The predicted octanol–water partition coefficient (Wildman–Crippen LogP) is 5.24. The molecule has 1 aliphatic heterocycles. The Morgan fingerprint density at radius 3 is 2.40 bits per heavy atom. The molecule has 14 heteroatoms. The lowest BCUT2D eigenvalue weighted by Gasteiger charge is -2.28. The number of fused-ring (bicyclic) bond motifs is 2. The minimum atomic E-state index is -1.07. The third kappa shape index (κ3) is 10.7. The number of ether oxygens (including phenoxy) is 3. The van der Waals surface area contributed by atoms with Crippen molar-refractivity contribution in [3.63, 3.8) is 0 Å². The Labute approximate surface area is 290 Å². The number of nitrogens with two attached hydrogens (primary N) is 1. The summed E-state index contributed by atoms with van der Waals surface area (Å²) in [6.45, 7) is 6.71. The van der Waals surface area contributed by atoms with Crippen LogP contribution in [0.1, 0.15) is 45.2 Å². The van der Waals surface area contributed by atoms with Gasteiger partial charge in [0, 0.05) is 43.9 Å². The fourth-order valence-corrected chi connectivity index (χ4v) is 5.35. The van der Waals surface area contributed by atoms with Gasteiger partial charge in [-0.1, -0.05) is 48.9 Å². The molecule has 0 saturated heterocycles. The average molecular weight is 697 g/mol. The number of methoxy groups -OCH3 is 2. The predicted molar refractivity (Wildman–Crippen MR) is 187 cm³/mol. The Morgan fingerprint density at radius 1 is 1.10 bits per heavy atom. The van der Waals surface area contributed by atoms with Crippen molar-refractivity contribution < 1.29 is 48.3 Å². The molecule has 0 aliphatic carbocycles. The molecule has 8 N–H and O–H groups in total. The zero-order chi connectivity index (χ0) is 37.1. The van der Waals surface area contributed by atoms with Gasteiger partial charge in [0.15, 0.2) is 6.10 Å². The number of aromatic hydroxyl groups is 2. The van der Waals surface area contributed by atoms with Crippen molar-refractivity contribution in [2.45, 2.75) is 65.1 Å². The molecular formula is C36H45FN4O9. The fourth-order valence-electron chi connectivity index (χ4n) is 5.35. The fraction of sp³-hybridized carbons (Fsp3) is 0.361. The van der Waals surface area contributed by atoms with Gasteiger partial charge < -0.3 is 51.2 Å². The summed E-state index contributed by atoms with van der Waals surface area (Å²) >= 11 is 0. The van der Waals surface area contributed by atoms with Gasteiger partial charge in [0.1, 0.15) is 23.4 Å². The number of carbonyl (C=O) groups excluding carboxylic acids is 3. The second-order valence-electron chi connectivity index (χ2n) is 12.0. The van der Waals surface area contributed by atoms with Gasteiger partial charge in [0.2, 0.25) is 0 Å². The van der Waals surface area contributed by atoms with Crippen LogP contribution in [0.4, 0.5) is 25.4 Å². The maximum Gasteiger partial charge on any atom is 0.405 e. The van der Waals surface area contributed by atoms with Crippen LogP contribution < -0.4 is 21.7 Å². The maximum absolute atomic E-state index is 13.3. The van der Waals surface area contributed by atoms with Crippen molar-refractivity contribution in [1.29, 1.82) is 0 Å². The van der Waals surface area contributed by atoms with Crippen molar-refractivity contribution in [3.8, 4) is 11.5 Å². The molecule has 1 aliphatic rings. The van der Waals surface area contributed by atoms with E-state index in [4.69, 9.17) is 19.9 Å². The number of aliphatic hydroxyl groups excluding tert-OH is 1. The largest absolute Gasteiger partial charge is 0.506 e. The maximum atomic E-state index is 13.3. The van der Waals surface area contributed by atoms with Crippen LogP contribution in [0.25, 0.3) is 6.08 Å². The Balaban J connectivity index is 2.10. The zero-order valence-electron chi connectivity index (χ0n) is 28.8. The van der Waals surface area contributed by atoms with E-state index in [2.05, 4.69) is 16.0 Å². The molecule has 3 rings (SSSR count). The molecule has 0 saturated carbocycles. The van der Waals surface area contributed by atoms with Crippen LogP contribution in [0.2, 0.25) is 0 Å². The van der Waals surface area contributed by atoms with Gasteiger partial charge in [-0.2, -0.15) is 0 Å². The third-order valence-corrected chi connectivity index (χ3v) is 8.10. The van der Waals surface area contributed by atoms with Crippen molar-refractivity contribution in [2.75, 3.05) is 24.9 Å². The number of carbonyl (C=O) groups is 3. The molecule has 0 unspecified atom stereocenters. The van der Waals surface area contributed by atoms with Gasteiger partial charge in [-0.25, -0.2) is 14.0 Å². The van der Waals surface area contributed by atoms with E-state index in [0.717, 1.165) is 6.07 Å². The highest BCUT2D eigenvalue weighted by atomic mass is 19.1. The van der Waals surface area contributed by atoms with Crippen molar-refractivity contribution in [3.05, 3.63) is 88.3 Å². The Kier molecular flexibility index (Phi) is 14.1. The van der Waals surface area contributed by atoms with E-state index in [1.807, 2.05) is 0 Å². The van der Waals surface area contributed by atoms with Crippen LogP contribution in [0, 0.1) is 11.7 Å². The van der Waals surface area contributed by atoms with E-state index in [-0.39, 0.29) is 35.5 Å². The van der Waals surface area contributed by atoms with E-state index >= 15 is 0 Å². The van der Waals surface area contributed by atoms with E-state index in [1.165, 1.54) is 63.6 Å². The smallest absolute Gasteiger partial charge is 0.405 e. The lowest BCUT2D eigenvalue weighted by Crippen LogP contribution is -2.36. The van der Waals surface area contributed by atoms with Gasteiger partial charge >= 0.3 is 12.1 Å². The summed E-state index contributed by atoms with van der Waals surface area (Å²) in [5.41, 5.74) is 6.92. The molecule has 4 amide bonds. The summed E-state index contributed by atoms with van der Waals surface area (Å²) in [5, 5.41) is 41.5. The van der Waals surface area contributed by atoms with Gasteiger partial charge in [-0.15, -0.1) is 0 Å². The summed E-state index contributed by atoms with van der Waals surface area (Å²) in [6, 6.07) is 5.88. The third-order valence-electron chi connectivity index (χ3n) is 8.10. The number of amides is 4. The SMILES string of the molecule is CO[C@H]1C=CC=C(C)C(=O)Nc2cc(O)c(NC(=O)NCc3ccc(F)cc3)c(c2O)C=C(C)C[C@H](OC)[C@H](O)[C@@H](C)C=C(C)[C@@H]1OC(N)=O. The summed E-state index contributed by atoms with van der Waals surface area (Å²) in [5.74, 6) is -2.51. The topological polar surface area (TPSA) is 202 Å². The molecule has 2 aromatic carbocycles. The molecule has 0 aromatic heterocycles. The van der Waals surface area contributed by atoms with Crippen LogP contribution >= 0.6 is 0 Å². The number of halogens is 1. The van der Waals surface area contributed by atoms with Crippen LogP contribution in [-0.4, -0.2) is 72.0 Å².